The highest BCUT2D eigenvalue weighted by atomic mass is 35.5. The molecule has 3 rings (SSSR count). The van der Waals surface area contributed by atoms with Crippen molar-refractivity contribution in [3.63, 3.8) is 0 Å². The van der Waals surface area contributed by atoms with E-state index in [1.165, 1.54) is 4.90 Å². The van der Waals surface area contributed by atoms with E-state index in [-0.39, 0.29) is 18.4 Å². The number of rotatable bonds is 5. The van der Waals surface area contributed by atoms with Crippen molar-refractivity contribution in [3.05, 3.63) is 46.7 Å². The summed E-state index contributed by atoms with van der Waals surface area (Å²) < 4.78 is 4.91. The predicted molar refractivity (Wildman–Crippen MR) is 94.5 cm³/mol. The minimum atomic E-state index is -0.551. The van der Waals surface area contributed by atoms with Crippen molar-refractivity contribution in [3.8, 4) is 0 Å². The van der Waals surface area contributed by atoms with E-state index in [0.29, 0.717) is 16.6 Å². The van der Waals surface area contributed by atoms with Crippen LogP contribution in [0, 0.1) is 6.92 Å². The van der Waals surface area contributed by atoms with E-state index in [1.54, 1.807) is 32.2 Å². The molecule has 7 heteroatoms. The third-order valence-electron chi connectivity index (χ3n) is 4.64. The monoisotopic (exact) mass is 361 g/mol. The number of benzene rings is 1. The molecule has 25 heavy (non-hydrogen) atoms. The van der Waals surface area contributed by atoms with Gasteiger partial charge in [0.1, 0.15) is 5.76 Å². The number of carbonyl (C=O) groups is 2. The quantitative estimate of drug-likeness (QED) is 0.887. The van der Waals surface area contributed by atoms with Crippen LogP contribution in [0.15, 0.2) is 34.9 Å². The zero-order chi connectivity index (χ0) is 18.0. The van der Waals surface area contributed by atoms with Crippen LogP contribution >= 0.6 is 11.6 Å². The SMILES string of the molecule is Cc1cc(NC(=O)CN(C)C(=O)C2(c3ccc(Cl)cc3)CCC2)no1. The second kappa shape index (κ2) is 6.88. The van der Waals surface area contributed by atoms with Gasteiger partial charge >= 0.3 is 0 Å². The lowest BCUT2D eigenvalue weighted by Crippen LogP contribution is -2.51. The van der Waals surface area contributed by atoms with Crippen LogP contribution in [-0.2, 0) is 15.0 Å². The second-order valence-electron chi connectivity index (χ2n) is 6.47. The molecule has 1 aromatic carbocycles. The van der Waals surface area contributed by atoms with Gasteiger partial charge < -0.3 is 14.7 Å². The van der Waals surface area contributed by atoms with Gasteiger partial charge in [-0.2, -0.15) is 0 Å². The fourth-order valence-corrected chi connectivity index (χ4v) is 3.31. The fraction of sp³-hybridized carbons (Fsp3) is 0.389. The first kappa shape index (κ1) is 17.5. The van der Waals surface area contributed by atoms with Crippen LogP contribution in [0.2, 0.25) is 5.02 Å². The average molecular weight is 362 g/mol. The number of amides is 2. The molecule has 2 aromatic rings. The van der Waals surface area contributed by atoms with Gasteiger partial charge in [-0.1, -0.05) is 35.3 Å². The number of likely N-dealkylation sites (N-methyl/N-ethyl adjacent to an activating group) is 1. The van der Waals surface area contributed by atoms with Crippen LogP contribution < -0.4 is 5.32 Å². The highest BCUT2D eigenvalue weighted by molar-refractivity contribution is 6.30. The van der Waals surface area contributed by atoms with E-state index in [9.17, 15) is 9.59 Å². The average Bonchev–Trinajstić information content (AvgIpc) is 2.92. The Balaban J connectivity index is 1.68. The highest BCUT2D eigenvalue weighted by Crippen LogP contribution is 2.45. The van der Waals surface area contributed by atoms with Crippen molar-refractivity contribution in [2.75, 3.05) is 18.9 Å². The molecule has 1 saturated carbocycles. The summed E-state index contributed by atoms with van der Waals surface area (Å²) in [6.07, 6.45) is 2.55. The Morgan fingerprint density at radius 3 is 2.52 bits per heavy atom. The molecule has 1 aliphatic carbocycles. The highest BCUT2D eigenvalue weighted by Gasteiger charge is 2.47. The summed E-state index contributed by atoms with van der Waals surface area (Å²) in [6.45, 7) is 1.70. The Bertz CT molecular complexity index is 781. The number of hydrogen-bond acceptors (Lipinski definition) is 4. The summed E-state index contributed by atoms with van der Waals surface area (Å²) in [6, 6.07) is 9.01. The van der Waals surface area contributed by atoms with Crippen molar-refractivity contribution >= 4 is 29.2 Å². The number of anilines is 1. The smallest absolute Gasteiger partial charge is 0.245 e. The van der Waals surface area contributed by atoms with Crippen molar-refractivity contribution in [2.45, 2.75) is 31.6 Å². The second-order valence-corrected chi connectivity index (χ2v) is 6.91. The first-order valence-corrected chi connectivity index (χ1v) is 8.53. The molecular formula is C18H20ClN3O3. The lowest BCUT2D eigenvalue weighted by atomic mass is 9.63. The standard InChI is InChI=1S/C18H20ClN3O3/c1-12-10-15(21-25-12)20-16(23)11-22(2)17(24)18(8-3-9-18)13-4-6-14(19)7-5-13/h4-7,10H,3,8-9,11H2,1-2H3,(H,20,21,23). The van der Waals surface area contributed by atoms with Gasteiger partial charge in [-0.15, -0.1) is 0 Å². The number of halogens is 1. The van der Waals surface area contributed by atoms with Gasteiger partial charge in [-0.05, 0) is 37.5 Å². The number of aromatic nitrogens is 1. The lowest BCUT2D eigenvalue weighted by Gasteiger charge is -2.43. The molecule has 1 aliphatic rings. The molecule has 1 N–H and O–H groups in total. The van der Waals surface area contributed by atoms with Gasteiger partial charge in [0.25, 0.3) is 0 Å². The molecule has 0 bridgehead atoms. The van der Waals surface area contributed by atoms with Crippen molar-refractivity contribution in [1.82, 2.24) is 10.1 Å². The van der Waals surface area contributed by atoms with Gasteiger partial charge in [-0.3, -0.25) is 9.59 Å². The van der Waals surface area contributed by atoms with Crippen molar-refractivity contribution in [2.24, 2.45) is 0 Å². The molecular weight excluding hydrogens is 342 g/mol. The third kappa shape index (κ3) is 3.54. The third-order valence-corrected chi connectivity index (χ3v) is 4.89. The van der Waals surface area contributed by atoms with Crippen LogP contribution in [-0.4, -0.2) is 35.5 Å². The fourth-order valence-electron chi connectivity index (χ4n) is 3.19. The van der Waals surface area contributed by atoms with E-state index >= 15 is 0 Å². The maximum absolute atomic E-state index is 13.0. The maximum atomic E-state index is 13.0. The van der Waals surface area contributed by atoms with E-state index in [0.717, 1.165) is 24.8 Å². The van der Waals surface area contributed by atoms with Crippen LogP contribution in [0.4, 0.5) is 5.82 Å². The number of hydrogen-bond donors (Lipinski definition) is 1. The van der Waals surface area contributed by atoms with Crippen molar-refractivity contribution < 1.29 is 14.1 Å². The summed E-state index contributed by atoms with van der Waals surface area (Å²) in [5.41, 5.74) is 0.400. The minimum Gasteiger partial charge on any atom is -0.360 e. The summed E-state index contributed by atoms with van der Waals surface area (Å²) in [7, 11) is 1.64. The number of carbonyl (C=O) groups excluding carboxylic acids is 2. The number of nitrogens with zero attached hydrogens (tertiary/aromatic N) is 2. The summed E-state index contributed by atoms with van der Waals surface area (Å²) in [4.78, 5) is 26.6. The minimum absolute atomic E-state index is 0.0416. The lowest BCUT2D eigenvalue weighted by molar-refractivity contribution is -0.141. The molecule has 6 nitrogen and oxygen atoms in total. The zero-order valence-electron chi connectivity index (χ0n) is 14.2. The van der Waals surface area contributed by atoms with Gasteiger partial charge in [0.15, 0.2) is 5.82 Å². The molecule has 1 fully saturated rings. The zero-order valence-corrected chi connectivity index (χ0v) is 15.0. The van der Waals surface area contributed by atoms with Gasteiger partial charge in [0, 0.05) is 18.1 Å². The first-order valence-electron chi connectivity index (χ1n) is 8.15. The number of nitrogens with one attached hydrogen (secondary N) is 1. The summed E-state index contributed by atoms with van der Waals surface area (Å²) >= 11 is 5.95. The van der Waals surface area contributed by atoms with Gasteiger partial charge in [-0.25, -0.2) is 0 Å². The van der Waals surface area contributed by atoms with Gasteiger partial charge in [0.2, 0.25) is 11.8 Å². The predicted octanol–water partition coefficient (Wildman–Crippen LogP) is 3.16. The Labute approximate surface area is 151 Å². The van der Waals surface area contributed by atoms with Crippen LogP contribution in [0.1, 0.15) is 30.6 Å². The van der Waals surface area contributed by atoms with E-state index < -0.39 is 5.41 Å². The normalized spacial score (nSPS) is 15.3. The topological polar surface area (TPSA) is 75.4 Å². The molecule has 0 spiro atoms. The van der Waals surface area contributed by atoms with E-state index in [2.05, 4.69) is 10.5 Å². The molecule has 1 aromatic heterocycles. The molecule has 2 amide bonds. The Hall–Kier alpha value is -2.34. The first-order chi connectivity index (χ1) is 11.9. The van der Waals surface area contributed by atoms with Gasteiger partial charge in [0.05, 0.1) is 12.0 Å². The molecule has 0 saturated heterocycles. The largest absolute Gasteiger partial charge is 0.360 e. The van der Waals surface area contributed by atoms with Crippen molar-refractivity contribution in [1.29, 1.82) is 0 Å². The van der Waals surface area contributed by atoms with E-state index in [4.69, 9.17) is 16.1 Å². The molecule has 0 unspecified atom stereocenters. The Kier molecular flexibility index (Phi) is 4.81. The summed E-state index contributed by atoms with van der Waals surface area (Å²) in [5, 5.41) is 6.99. The molecule has 0 radical (unpaired) electrons. The van der Waals surface area contributed by atoms with Crippen LogP contribution in [0.5, 0.6) is 0 Å². The summed E-state index contributed by atoms with van der Waals surface area (Å²) in [5.74, 6) is 0.595. The van der Waals surface area contributed by atoms with Crippen LogP contribution in [0.25, 0.3) is 0 Å². The Morgan fingerprint density at radius 2 is 2.00 bits per heavy atom. The molecule has 0 aliphatic heterocycles. The molecule has 132 valence electrons. The maximum Gasteiger partial charge on any atom is 0.245 e. The molecule has 1 heterocycles. The molecule has 0 atom stereocenters. The van der Waals surface area contributed by atoms with E-state index in [1.807, 2.05) is 12.1 Å². The number of aryl methyl sites for hydroxylation is 1. The van der Waals surface area contributed by atoms with Crippen LogP contribution in [0.3, 0.4) is 0 Å². The Morgan fingerprint density at radius 1 is 1.32 bits per heavy atom.